The normalized spacial score (nSPS) is 8.36. The third-order valence-corrected chi connectivity index (χ3v) is 1.08. The van der Waals surface area contributed by atoms with Gasteiger partial charge in [0.05, 0.1) is 0 Å². The Morgan fingerprint density at radius 1 is 1.00 bits per heavy atom. The van der Waals surface area contributed by atoms with Crippen LogP contribution >= 0.6 is 0 Å². The lowest BCUT2D eigenvalue weighted by Gasteiger charge is -1.71. The quantitative estimate of drug-likeness (QED) is 0.526. The molecule has 0 amide bonds. The number of hydrogen-bond acceptors (Lipinski definition) is 1. The highest BCUT2D eigenvalue weighted by Crippen LogP contribution is 1.97. The minimum atomic E-state index is 0.218. The van der Waals surface area contributed by atoms with Crippen LogP contribution in [0, 0.1) is 0 Å². The van der Waals surface area contributed by atoms with Crippen LogP contribution in [0.4, 0.5) is 0 Å². The Bertz CT molecular complexity index is 230. The van der Waals surface area contributed by atoms with Crippen molar-refractivity contribution in [1.82, 2.24) is 9.97 Å². The lowest BCUT2D eigenvalue weighted by Crippen LogP contribution is -1.51. The molecule has 2 heterocycles. The van der Waals surface area contributed by atoms with Gasteiger partial charge in [0.25, 0.3) is 0 Å². The van der Waals surface area contributed by atoms with Gasteiger partial charge in [-0.3, -0.25) is 0 Å². The summed E-state index contributed by atoms with van der Waals surface area (Å²) >= 11 is 0. The van der Waals surface area contributed by atoms with Gasteiger partial charge in [-0.25, -0.2) is 0 Å². The summed E-state index contributed by atoms with van der Waals surface area (Å²) < 4.78 is 0. The zero-order valence-electron chi connectivity index (χ0n) is 5.99. The van der Waals surface area contributed by atoms with Crippen molar-refractivity contribution >= 4 is 0 Å². The van der Waals surface area contributed by atoms with Crippen molar-refractivity contribution < 1.29 is 5.11 Å². The largest absolute Gasteiger partial charge is 0.495 e. The Morgan fingerprint density at radius 2 is 1.73 bits per heavy atom. The number of aromatic nitrogens is 2. The molecule has 0 spiro atoms. The fourth-order valence-corrected chi connectivity index (χ4v) is 0.599. The Labute approximate surface area is 64.7 Å². The van der Waals surface area contributed by atoms with E-state index in [0.29, 0.717) is 0 Å². The van der Waals surface area contributed by atoms with Crippen LogP contribution in [0.25, 0.3) is 0 Å². The van der Waals surface area contributed by atoms with Crippen molar-refractivity contribution in [2.75, 3.05) is 0 Å². The average Bonchev–Trinajstić information content (AvgIpc) is 2.57. The summed E-state index contributed by atoms with van der Waals surface area (Å²) in [7, 11) is 0. The number of H-pyrrole nitrogens is 2. The maximum absolute atomic E-state index is 8.42. The number of hydrogen-bond donors (Lipinski definition) is 3. The van der Waals surface area contributed by atoms with E-state index in [1.165, 1.54) is 0 Å². The molecular formula is C8H10N2O. The molecule has 0 radical (unpaired) electrons. The van der Waals surface area contributed by atoms with Crippen molar-refractivity contribution in [2.24, 2.45) is 0 Å². The fraction of sp³-hybridized carbons (Fsp3) is 0. The molecule has 0 unspecified atom stereocenters. The maximum atomic E-state index is 8.42. The second-order valence-electron chi connectivity index (χ2n) is 1.94. The molecule has 3 N–H and O–H groups in total. The van der Waals surface area contributed by atoms with Gasteiger partial charge in [0.1, 0.15) is 0 Å². The van der Waals surface area contributed by atoms with Crippen LogP contribution in [0.3, 0.4) is 0 Å². The van der Waals surface area contributed by atoms with E-state index in [0.717, 1.165) is 0 Å². The molecular weight excluding hydrogens is 140 g/mol. The van der Waals surface area contributed by atoms with Crippen molar-refractivity contribution in [2.45, 2.75) is 0 Å². The maximum Gasteiger partial charge on any atom is 0.188 e. The highest BCUT2D eigenvalue weighted by atomic mass is 16.3. The molecule has 0 aliphatic carbocycles. The van der Waals surface area contributed by atoms with E-state index in [1.807, 2.05) is 24.5 Å². The van der Waals surface area contributed by atoms with E-state index < -0.39 is 0 Å². The fourth-order valence-electron chi connectivity index (χ4n) is 0.599. The first kappa shape index (κ1) is 7.47. The van der Waals surface area contributed by atoms with E-state index in [2.05, 4.69) is 9.97 Å². The van der Waals surface area contributed by atoms with Crippen LogP contribution in [-0.2, 0) is 0 Å². The van der Waals surface area contributed by atoms with Gasteiger partial charge in [-0.2, -0.15) is 0 Å². The number of rotatable bonds is 0. The smallest absolute Gasteiger partial charge is 0.188 e. The van der Waals surface area contributed by atoms with Crippen molar-refractivity contribution in [1.29, 1.82) is 0 Å². The summed E-state index contributed by atoms with van der Waals surface area (Å²) in [6, 6.07) is 7.20. The highest BCUT2D eigenvalue weighted by Gasteiger charge is 1.75. The summed E-state index contributed by atoms with van der Waals surface area (Å²) in [5.74, 6) is 0.218. The first-order chi connectivity index (χ1) is 5.39. The van der Waals surface area contributed by atoms with Gasteiger partial charge in [-0.15, -0.1) is 0 Å². The molecule has 3 nitrogen and oxygen atoms in total. The molecule has 0 aliphatic heterocycles. The van der Waals surface area contributed by atoms with Crippen molar-refractivity contribution in [3.05, 3.63) is 42.9 Å². The molecule has 0 saturated carbocycles. The van der Waals surface area contributed by atoms with E-state index in [9.17, 15) is 0 Å². The van der Waals surface area contributed by atoms with Gasteiger partial charge < -0.3 is 15.1 Å². The van der Waals surface area contributed by atoms with Crippen LogP contribution < -0.4 is 0 Å². The SMILES string of the molecule is Oc1ccc[nH]1.c1cc[nH]c1. The summed E-state index contributed by atoms with van der Waals surface area (Å²) in [5.41, 5.74) is 0. The average molecular weight is 150 g/mol. The second-order valence-corrected chi connectivity index (χ2v) is 1.94. The molecule has 0 atom stereocenters. The van der Waals surface area contributed by atoms with Crippen molar-refractivity contribution in [3.8, 4) is 5.88 Å². The number of aromatic hydroxyl groups is 1. The Kier molecular flexibility index (Phi) is 2.86. The Hall–Kier alpha value is -1.64. The van der Waals surface area contributed by atoms with E-state index in [-0.39, 0.29) is 5.88 Å². The van der Waals surface area contributed by atoms with Gasteiger partial charge >= 0.3 is 0 Å². The predicted octanol–water partition coefficient (Wildman–Crippen LogP) is 1.73. The van der Waals surface area contributed by atoms with Gasteiger partial charge in [0, 0.05) is 18.6 Å². The Morgan fingerprint density at radius 3 is 1.91 bits per heavy atom. The van der Waals surface area contributed by atoms with Gasteiger partial charge in [-0.05, 0) is 24.3 Å². The standard InChI is InChI=1S/C4H5NO.C4H5N/c6-4-2-1-3-5-4;1-2-4-5-3-1/h1-3,5-6H;1-5H. The van der Waals surface area contributed by atoms with Gasteiger partial charge in [0.15, 0.2) is 5.88 Å². The third kappa shape index (κ3) is 3.15. The van der Waals surface area contributed by atoms with Crippen LogP contribution in [0.5, 0.6) is 5.88 Å². The molecule has 11 heavy (non-hydrogen) atoms. The molecule has 0 fully saturated rings. The van der Waals surface area contributed by atoms with E-state index in [1.54, 1.807) is 18.3 Å². The molecule has 0 aromatic carbocycles. The van der Waals surface area contributed by atoms with Gasteiger partial charge in [-0.1, -0.05) is 0 Å². The highest BCUT2D eigenvalue weighted by molar-refractivity contribution is 5.06. The van der Waals surface area contributed by atoms with Crippen LogP contribution in [0.1, 0.15) is 0 Å². The lowest BCUT2D eigenvalue weighted by atomic mass is 10.7. The second kappa shape index (κ2) is 4.22. The monoisotopic (exact) mass is 150 g/mol. The molecule has 2 aromatic heterocycles. The first-order valence-corrected chi connectivity index (χ1v) is 3.29. The summed E-state index contributed by atoms with van der Waals surface area (Å²) in [6.45, 7) is 0. The zero-order valence-corrected chi connectivity index (χ0v) is 5.99. The minimum absolute atomic E-state index is 0.218. The Balaban J connectivity index is 0.000000112. The summed E-state index contributed by atoms with van der Waals surface area (Å²) in [6.07, 6.45) is 5.41. The van der Waals surface area contributed by atoms with E-state index in [4.69, 9.17) is 5.11 Å². The molecule has 2 aromatic rings. The third-order valence-electron chi connectivity index (χ3n) is 1.08. The van der Waals surface area contributed by atoms with Crippen LogP contribution in [0.2, 0.25) is 0 Å². The molecule has 0 bridgehead atoms. The molecule has 0 saturated heterocycles. The van der Waals surface area contributed by atoms with E-state index >= 15 is 0 Å². The summed E-state index contributed by atoms with van der Waals surface area (Å²) in [4.78, 5) is 5.42. The minimum Gasteiger partial charge on any atom is -0.495 e. The number of nitrogens with one attached hydrogen (secondary N) is 2. The number of aromatic amines is 2. The van der Waals surface area contributed by atoms with Gasteiger partial charge in [0.2, 0.25) is 0 Å². The predicted molar refractivity (Wildman–Crippen MR) is 43.3 cm³/mol. The molecule has 58 valence electrons. The topological polar surface area (TPSA) is 51.8 Å². The van der Waals surface area contributed by atoms with Crippen molar-refractivity contribution in [3.63, 3.8) is 0 Å². The molecule has 0 aliphatic rings. The molecule has 2 rings (SSSR count). The first-order valence-electron chi connectivity index (χ1n) is 3.29. The molecule has 3 heteroatoms. The van der Waals surface area contributed by atoms with Crippen LogP contribution in [0.15, 0.2) is 42.9 Å². The lowest BCUT2D eigenvalue weighted by molar-refractivity contribution is 0.457. The van der Waals surface area contributed by atoms with Crippen LogP contribution in [-0.4, -0.2) is 15.1 Å². The zero-order chi connectivity index (χ0) is 7.94. The summed E-state index contributed by atoms with van der Waals surface area (Å²) in [5, 5.41) is 8.42.